The molecule has 2 rings (SSSR count). The Morgan fingerprint density at radius 2 is 2.15 bits per heavy atom. The Bertz CT molecular complexity index is 471. The second-order valence-corrected chi connectivity index (χ2v) is 5.32. The molecule has 20 heavy (non-hydrogen) atoms. The Balaban J connectivity index is 2.03. The fourth-order valence-electron chi connectivity index (χ4n) is 2.27. The number of rotatable bonds is 7. The zero-order valence-corrected chi connectivity index (χ0v) is 12.2. The van der Waals surface area contributed by atoms with Gasteiger partial charge >= 0.3 is 5.97 Å². The molecule has 1 saturated carbocycles. The minimum Gasteiger partial charge on any atom is -0.491 e. The molecule has 0 spiro atoms. The molecule has 4 nitrogen and oxygen atoms in total. The lowest BCUT2D eigenvalue weighted by Crippen LogP contribution is -2.55. The highest BCUT2D eigenvalue weighted by molar-refractivity contribution is 5.81. The van der Waals surface area contributed by atoms with Crippen molar-refractivity contribution < 1.29 is 14.3 Å². The summed E-state index contributed by atoms with van der Waals surface area (Å²) in [6, 6.07) is 7.87. The summed E-state index contributed by atoms with van der Waals surface area (Å²) in [5.74, 6) is 0.578. The average molecular weight is 277 g/mol. The Kier molecular flexibility index (Phi) is 4.65. The molecule has 4 heteroatoms. The van der Waals surface area contributed by atoms with E-state index in [9.17, 15) is 4.79 Å². The van der Waals surface area contributed by atoms with Crippen molar-refractivity contribution in [3.05, 3.63) is 29.8 Å². The minimum absolute atomic E-state index is 0.170. The van der Waals surface area contributed by atoms with E-state index in [2.05, 4.69) is 13.0 Å². The van der Waals surface area contributed by atoms with Crippen molar-refractivity contribution in [1.82, 2.24) is 0 Å². The summed E-state index contributed by atoms with van der Waals surface area (Å²) in [6.45, 7) is 4.39. The number of aryl methyl sites for hydroxylation is 1. The first kappa shape index (κ1) is 14.9. The van der Waals surface area contributed by atoms with Gasteiger partial charge in [-0.25, -0.2) is 4.79 Å². The van der Waals surface area contributed by atoms with Gasteiger partial charge < -0.3 is 15.2 Å². The Morgan fingerprint density at radius 3 is 2.75 bits per heavy atom. The van der Waals surface area contributed by atoms with Crippen molar-refractivity contribution >= 4 is 5.97 Å². The monoisotopic (exact) mass is 277 g/mol. The van der Waals surface area contributed by atoms with Crippen molar-refractivity contribution in [2.24, 2.45) is 11.7 Å². The normalized spacial score (nSPS) is 17.4. The minimum atomic E-state index is -1.02. The largest absolute Gasteiger partial charge is 0.491 e. The average Bonchev–Trinajstić information content (AvgIpc) is 3.30. The quantitative estimate of drug-likeness (QED) is 0.777. The maximum absolute atomic E-state index is 12.1. The van der Waals surface area contributed by atoms with Gasteiger partial charge in [-0.15, -0.1) is 0 Å². The van der Waals surface area contributed by atoms with Crippen LogP contribution in [0.15, 0.2) is 24.3 Å². The number of benzene rings is 1. The van der Waals surface area contributed by atoms with E-state index < -0.39 is 5.54 Å². The van der Waals surface area contributed by atoms with E-state index in [4.69, 9.17) is 15.2 Å². The standard InChI is InChI=1S/C16H23NO3/c1-3-12-6-5-7-14(10-12)20-11-16(17,13-8-9-13)15(18)19-4-2/h5-7,10,13H,3-4,8-9,11,17H2,1-2H3. The molecule has 0 saturated heterocycles. The third-order valence-electron chi connectivity index (χ3n) is 3.75. The summed E-state index contributed by atoms with van der Waals surface area (Å²) >= 11 is 0. The lowest BCUT2D eigenvalue weighted by Gasteiger charge is -2.27. The van der Waals surface area contributed by atoms with Crippen LogP contribution >= 0.6 is 0 Å². The van der Waals surface area contributed by atoms with Gasteiger partial charge in [0.1, 0.15) is 12.4 Å². The van der Waals surface area contributed by atoms with Crippen LogP contribution in [-0.4, -0.2) is 24.7 Å². The van der Waals surface area contributed by atoms with Crippen molar-refractivity contribution in [3.8, 4) is 5.75 Å². The van der Waals surface area contributed by atoms with Gasteiger partial charge in [0.15, 0.2) is 5.54 Å². The van der Waals surface area contributed by atoms with Crippen LogP contribution in [0, 0.1) is 5.92 Å². The molecule has 1 aromatic rings. The van der Waals surface area contributed by atoms with Crippen LogP contribution in [-0.2, 0) is 16.0 Å². The summed E-state index contributed by atoms with van der Waals surface area (Å²) < 4.78 is 10.9. The molecule has 0 amide bonds. The number of nitrogens with two attached hydrogens (primary N) is 1. The van der Waals surface area contributed by atoms with Crippen molar-refractivity contribution in [2.75, 3.05) is 13.2 Å². The van der Waals surface area contributed by atoms with Crippen LogP contribution < -0.4 is 10.5 Å². The molecular weight excluding hydrogens is 254 g/mol. The van der Waals surface area contributed by atoms with E-state index >= 15 is 0 Å². The number of carbonyl (C=O) groups is 1. The summed E-state index contributed by atoms with van der Waals surface area (Å²) in [4.78, 5) is 12.1. The third-order valence-corrected chi connectivity index (χ3v) is 3.75. The molecule has 1 atom stereocenters. The fraction of sp³-hybridized carbons (Fsp3) is 0.562. The lowest BCUT2D eigenvalue weighted by molar-refractivity contribution is -0.151. The van der Waals surface area contributed by atoms with Gasteiger partial charge in [-0.05, 0) is 49.8 Å². The van der Waals surface area contributed by atoms with Crippen LogP contribution in [0.1, 0.15) is 32.3 Å². The molecule has 1 aliphatic carbocycles. The van der Waals surface area contributed by atoms with E-state index in [0.29, 0.717) is 6.61 Å². The fourth-order valence-corrected chi connectivity index (χ4v) is 2.27. The first-order valence-corrected chi connectivity index (χ1v) is 7.28. The Hall–Kier alpha value is -1.55. The maximum Gasteiger partial charge on any atom is 0.329 e. The first-order chi connectivity index (χ1) is 9.60. The summed E-state index contributed by atoms with van der Waals surface area (Å²) in [5.41, 5.74) is 6.44. The Morgan fingerprint density at radius 1 is 1.40 bits per heavy atom. The van der Waals surface area contributed by atoms with Gasteiger partial charge in [0, 0.05) is 0 Å². The van der Waals surface area contributed by atoms with Crippen molar-refractivity contribution in [3.63, 3.8) is 0 Å². The second-order valence-electron chi connectivity index (χ2n) is 5.32. The van der Waals surface area contributed by atoms with Gasteiger partial charge in [-0.2, -0.15) is 0 Å². The highest BCUT2D eigenvalue weighted by Crippen LogP contribution is 2.39. The first-order valence-electron chi connectivity index (χ1n) is 7.28. The van der Waals surface area contributed by atoms with Crippen molar-refractivity contribution in [1.29, 1.82) is 0 Å². The Labute approximate surface area is 120 Å². The number of carbonyl (C=O) groups excluding carboxylic acids is 1. The molecule has 1 unspecified atom stereocenters. The van der Waals surface area contributed by atoms with E-state index in [0.717, 1.165) is 25.0 Å². The maximum atomic E-state index is 12.1. The highest BCUT2D eigenvalue weighted by atomic mass is 16.5. The zero-order valence-electron chi connectivity index (χ0n) is 12.2. The predicted molar refractivity (Wildman–Crippen MR) is 77.6 cm³/mol. The van der Waals surface area contributed by atoms with Gasteiger partial charge in [-0.1, -0.05) is 19.1 Å². The summed E-state index contributed by atoms with van der Waals surface area (Å²) in [6.07, 6.45) is 2.88. The molecular formula is C16H23NO3. The SMILES string of the molecule is CCOC(=O)C(N)(COc1cccc(CC)c1)C1CC1. The molecule has 0 bridgehead atoms. The molecule has 110 valence electrons. The smallest absolute Gasteiger partial charge is 0.329 e. The van der Waals surface area contributed by atoms with Crippen LogP contribution in [0.2, 0.25) is 0 Å². The molecule has 1 aliphatic rings. The number of esters is 1. The number of hydrogen-bond acceptors (Lipinski definition) is 4. The molecule has 0 aliphatic heterocycles. The van der Waals surface area contributed by atoms with E-state index in [-0.39, 0.29) is 18.5 Å². The van der Waals surface area contributed by atoms with Gasteiger partial charge in [-0.3, -0.25) is 0 Å². The molecule has 1 aromatic carbocycles. The molecule has 1 fully saturated rings. The topological polar surface area (TPSA) is 61.5 Å². The summed E-state index contributed by atoms with van der Waals surface area (Å²) in [5, 5.41) is 0. The predicted octanol–water partition coefficient (Wildman–Crippen LogP) is 2.30. The second kappa shape index (κ2) is 6.27. The molecule has 0 heterocycles. The van der Waals surface area contributed by atoms with Crippen LogP contribution in [0.5, 0.6) is 5.75 Å². The van der Waals surface area contributed by atoms with Crippen molar-refractivity contribution in [2.45, 2.75) is 38.6 Å². The number of hydrogen-bond donors (Lipinski definition) is 1. The van der Waals surface area contributed by atoms with E-state index in [1.807, 2.05) is 18.2 Å². The lowest BCUT2D eigenvalue weighted by atomic mass is 9.96. The van der Waals surface area contributed by atoms with Crippen LogP contribution in [0.25, 0.3) is 0 Å². The van der Waals surface area contributed by atoms with Crippen LogP contribution in [0.4, 0.5) is 0 Å². The van der Waals surface area contributed by atoms with E-state index in [1.54, 1.807) is 6.92 Å². The van der Waals surface area contributed by atoms with Crippen LogP contribution in [0.3, 0.4) is 0 Å². The zero-order chi connectivity index (χ0) is 14.6. The number of ether oxygens (including phenoxy) is 2. The van der Waals surface area contributed by atoms with Gasteiger partial charge in [0.05, 0.1) is 6.61 Å². The van der Waals surface area contributed by atoms with E-state index in [1.165, 1.54) is 5.56 Å². The van der Waals surface area contributed by atoms with Gasteiger partial charge in [0.2, 0.25) is 0 Å². The molecule has 2 N–H and O–H groups in total. The highest BCUT2D eigenvalue weighted by Gasteiger charge is 2.50. The van der Waals surface area contributed by atoms with Gasteiger partial charge in [0.25, 0.3) is 0 Å². The molecule has 0 aromatic heterocycles. The third kappa shape index (κ3) is 3.31. The molecule has 0 radical (unpaired) electrons. The summed E-state index contributed by atoms with van der Waals surface area (Å²) in [7, 11) is 0.